The summed E-state index contributed by atoms with van der Waals surface area (Å²) in [6, 6.07) is 11.6. The largest absolute Gasteiger partial charge is 0.416 e. The molecule has 2 aromatic heterocycles. The molecule has 0 aliphatic rings. The van der Waals surface area contributed by atoms with Gasteiger partial charge in [0, 0.05) is 36.6 Å². The number of hydrogen-bond acceptors (Lipinski definition) is 5. The summed E-state index contributed by atoms with van der Waals surface area (Å²) in [7, 11) is 0. The summed E-state index contributed by atoms with van der Waals surface area (Å²) < 4.78 is 42.7. The number of rotatable bonds is 12. The molecule has 0 aliphatic heterocycles. The summed E-state index contributed by atoms with van der Waals surface area (Å²) in [5.41, 5.74) is 13.4. The summed E-state index contributed by atoms with van der Waals surface area (Å²) in [5, 5.41) is 13.4. The number of fused-ring (bicyclic) bond motifs is 1. The van der Waals surface area contributed by atoms with Crippen molar-refractivity contribution >= 4 is 11.7 Å². The maximum atomic E-state index is 13.7. The molecule has 12 heteroatoms. The highest BCUT2D eigenvalue weighted by atomic mass is 19.4. The van der Waals surface area contributed by atoms with Gasteiger partial charge in [-0.25, -0.2) is 0 Å². The Hall–Kier alpha value is -4.16. The number of nitrogens with one attached hydrogen (secondary N) is 4. The highest BCUT2D eigenvalue weighted by molar-refractivity contribution is 5.74. The zero-order chi connectivity index (χ0) is 30.4. The molecule has 0 fully saturated rings. The van der Waals surface area contributed by atoms with E-state index in [9.17, 15) is 18.0 Å². The lowest BCUT2D eigenvalue weighted by molar-refractivity contribution is -0.137. The second-order valence-electron chi connectivity index (χ2n) is 10.6. The Morgan fingerprint density at radius 3 is 2.48 bits per heavy atom. The fraction of sp³-hybridized carbons (Fsp3) is 0.367. The monoisotopic (exact) mass is 582 g/mol. The van der Waals surface area contributed by atoms with Gasteiger partial charge >= 0.3 is 6.18 Å². The van der Waals surface area contributed by atoms with E-state index in [1.807, 2.05) is 38.1 Å². The van der Waals surface area contributed by atoms with Crippen molar-refractivity contribution in [3.63, 3.8) is 0 Å². The van der Waals surface area contributed by atoms with Gasteiger partial charge in [0.2, 0.25) is 5.78 Å². The van der Waals surface area contributed by atoms with Crippen molar-refractivity contribution in [3.8, 4) is 22.4 Å². The number of aromatic nitrogens is 3. The fourth-order valence-electron chi connectivity index (χ4n) is 4.78. The number of halogens is 3. The second kappa shape index (κ2) is 13.2. The van der Waals surface area contributed by atoms with E-state index < -0.39 is 17.3 Å². The first-order valence-electron chi connectivity index (χ1n) is 13.9. The van der Waals surface area contributed by atoms with Crippen molar-refractivity contribution in [2.45, 2.75) is 57.8 Å². The van der Waals surface area contributed by atoms with Gasteiger partial charge in [-0.15, -0.1) is 0 Å². The topological polar surface area (TPSA) is 150 Å². The van der Waals surface area contributed by atoms with E-state index in [1.165, 1.54) is 6.07 Å². The molecule has 0 aliphatic carbocycles. The summed E-state index contributed by atoms with van der Waals surface area (Å²) in [6.07, 6.45) is 1.46. The minimum atomic E-state index is -4.50. The lowest BCUT2D eigenvalue weighted by atomic mass is 9.99. The van der Waals surface area contributed by atoms with Crippen LogP contribution in [0.4, 0.5) is 13.2 Å². The predicted molar refractivity (Wildman–Crippen MR) is 159 cm³/mol. The van der Waals surface area contributed by atoms with Crippen LogP contribution in [0.3, 0.4) is 0 Å². The summed E-state index contributed by atoms with van der Waals surface area (Å²) >= 11 is 0. The number of nitrogens with two attached hydrogens (primary N) is 2. The van der Waals surface area contributed by atoms with Crippen LogP contribution in [-0.4, -0.2) is 39.5 Å². The van der Waals surface area contributed by atoms with Gasteiger partial charge in [0.05, 0.1) is 16.8 Å². The number of imidazole rings is 1. The number of nitrogens with zero attached hydrogens (tertiary/aromatic N) is 2. The van der Waals surface area contributed by atoms with E-state index in [2.05, 4.69) is 20.6 Å². The first-order chi connectivity index (χ1) is 19.9. The van der Waals surface area contributed by atoms with Crippen LogP contribution in [0, 0.1) is 5.41 Å². The van der Waals surface area contributed by atoms with E-state index >= 15 is 0 Å². The van der Waals surface area contributed by atoms with Gasteiger partial charge in [-0.1, -0.05) is 24.3 Å². The molecule has 42 heavy (non-hydrogen) atoms. The normalized spacial score (nSPS) is 13.3. The quantitative estimate of drug-likeness (QED) is 0.0819. The van der Waals surface area contributed by atoms with Crippen molar-refractivity contribution in [2.24, 2.45) is 11.5 Å². The van der Waals surface area contributed by atoms with E-state index in [1.54, 1.807) is 22.9 Å². The smallest absolute Gasteiger partial charge is 0.370 e. The van der Waals surface area contributed by atoms with Crippen LogP contribution in [0.25, 0.3) is 28.2 Å². The van der Waals surface area contributed by atoms with Crippen LogP contribution >= 0.6 is 0 Å². The van der Waals surface area contributed by atoms with Crippen LogP contribution in [0.5, 0.6) is 0 Å². The standard InChI is InChI=1S/C30H37F3N8O/c1-18(34)5-3-6-20-13-23(15-24(14-20)30(31,32)33)26-17-41-16-25(27(42)40-29(41)39-26)22-9-7-21(8-10-22)19(2)37-11-4-12-38-28(35)36/h7-10,13-19,37H,3-6,11-12,34H2,1-2H3,(H4,35,36,38)(H,39,40,42)/t18-,19-/m0/s1. The molecule has 2 aromatic carbocycles. The average Bonchev–Trinajstić information content (AvgIpc) is 3.34. The number of alkyl halides is 3. The lowest BCUT2D eigenvalue weighted by Crippen LogP contribution is -2.32. The van der Waals surface area contributed by atoms with Crippen LogP contribution < -0.4 is 27.7 Å². The molecule has 0 spiro atoms. The van der Waals surface area contributed by atoms with Gasteiger partial charge < -0.3 is 27.1 Å². The van der Waals surface area contributed by atoms with Crippen LogP contribution in [0.15, 0.2) is 59.7 Å². The van der Waals surface area contributed by atoms with Crippen molar-refractivity contribution in [1.82, 2.24) is 25.0 Å². The minimum Gasteiger partial charge on any atom is -0.370 e. The maximum absolute atomic E-state index is 13.7. The molecule has 224 valence electrons. The SMILES string of the molecule is C[C@H](N)CCCc1cc(-c2cn3cc(-c4ccc([C@H](C)NCCCNC(=N)N)cc4)c(=O)nc3[nH]2)cc(C(F)(F)F)c1. The molecule has 0 saturated heterocycles. The van der Waals surface area contributed by atoms with Crippen molar-refractivity contribution in [3.05, 3.63) is 81.9 Å². The van der Waals surface area contributed by atoms with Gasteiger partial charge in [0.15, 0.2) is 5.96 Å². The van der Waals surface area contributed by atoms with Crippen molar-refractivity contribution in [2.75, 3.05) is 13.1 Å². The fourth-order valence-corrected chi connectivity index (χ4v) is 4.78. The summed E-state index contributed by atoms with van der Waals surface area (Å²) in [4.78, 5) is 20.1. The summed E-state index contributed by atoms with van der Waals surface area (Å²) in [5.74, 6) is 0.190. The Labute approximate surface area is 242 Å². The van der Waals surface area contributed by atoms with E-state index in [-0.39, 0.29) is 23.8 Å². The van der Waals surface area contributed by atoms with E-state index in [0.29, 0.717) is 53.8 Å². The second-order valence-corrected chi connectivity index (χ2v) is 10.6. The first-order valence-corrected chi connectivity index (χ1v) is 13.9. The molecule has 2 atom stereocenters. The Balaban J connectivity index is 1.55. The van der Waals surface area contributed by atoms with Gasteiger partial charge in [-0.3, -0.25) is 14.6 Å². The highest BCUT2D eigenvalue weighted by Gasteiger charge is 2.31. The van der Waals surface area contributed by atoms with Gasteiger partial charge in [0.25, 0.3) is 5.56 Å². The van der Waals surface area contributed by atoms with Crippen molar-refractivity contribution < 1.29 is 13.2 Å². The highest BCUT2D eigenvalue weighted by Crippen LogP contribution is 2.34. The number of aryl methyl sites for hydroxylation is 1. The van der Waals surface area contributed by atoms with Crippen molar-refractivity contribution in [1.29, 1.82) is 5.41 Å². The molecule has 9 nitrogen and oxygen atoms in total. The number of aromatic amines is 1. The maximum Gasteiger partial charge on any atom is 0.416 e. The molecule has 2 heterocycles. The third-order valence-corrected chi connectivity index (χ3v) is 7.06. The summed E-state index contributed by atoms with van der Waals surface area (Å²) in [6.45, 7) is 5.25. The number of guanidine groups is 1. The van der Waals surface area contributed by atoms with Crippen LogP contribution in [0.1, 0.15) is 55.8 Å². The third-order valence-electron chi connectivity index (χ3n) is 7.06. The molecule has 4 aromatic rings. The lowest BCUT2D eigenvalue weighted by Gasteiger charge is -2.15. The molecule has 0 bridgehead atoms. The number of H-pyrrole nitrogens is 1. The zero-order valence-corrected chi connectivity index (χ0v) is 23.7. The van der Waals surface area contributed by atoms with E-state index in [0.717, 1.165) is 24.6 Å². The van der Waals surface area contributed by atoms with Gasteiger partial charge in [0.1, 0.15) is 0 Å². The van der Waals surface area contributed by atoms with Crippen LogP contribution in [0.2, 0.25) is 0 Å². The Bertz CT molecular complexity index is 1570. The molecule has 0 saturated carbocycles. The molecule has 8 N–H and O–H groups in total. The minimum absolute atomic E-state index is 0.0228. The van der Waals surface area contributed by atoms with Crippen LogP contribution in [-0.2, 0) is 12.6 Å². The number of benzene rings is 2. The Morgan fingerprint density at radius 1 is 1.07 bits per heavy atom. The molecular formula is C30H37F3N8O. The Kier molecular flexibility index (Phi) is 9.69. The predicted octanol–water partition coefficient (Wildman–Crippen LogP) is 4.57. The molecule has 0 radical (unpaired) electrons. The van der Waals surface area contributed by atoms with Gasteiger partial charge in [-0.05, 0) is 81.0 Å². The Morgan fingerprint density at radius 2 is 1.81 bits per heavy atom. The third kappa shape index (κ3) is 7.98. The van der Waals surface area contributed by atoms with E-state index in [4.69, 9.17) is 16.9 Å². The van der Waals surface area contributed by atoms with Gasteiger partial charge in [-0.2, -0.15) is 18.2 Å². The molecule has 4 rings (SSSR count). The first kappa shape index (κ1) is 30.8. The molecule has 0 unspecified atom stereocenters. The zero-order valence-electron chi connectivity index (χ0n) is 23.7. The number of hydrogen-bond donors (Lipinski definition) is 6. The average molecular weight is 583 g/mol. The molecule has 0 amide bonds. The molecular weight excluding hydrogens is 545 g/mol.